The lowest BCUT2D eigenvalue weighted by atomic mass is 10.1. The molecule has 0 bridgehead atoms. The molecule has 3 aromatic rings. The Kier molecular flexibility index (Phi) is 6.91. The number of fused-ring (bicyclic) bond motifs is 1. The lowest BCUT2D eigenvalue weighted by Gasteiger charge is -2.29. The van der Waals surface area contributed by atoms with Crippen LogP contribution in [-0.4, -0.2) is 85.6 Å². The van der Waals surface area contributed by atoms with Crippen LogP contribution < -0.4 is 15.8 Å². The second-order valence-corrected chi connectivity index (χ2v) is 9.60. The molecule has 16 heteroatoms. The highest BCUT2D eigenvalue weighted by atomic mass is 127. The van der Waals surface area contributed by atoms with Crippen molar-refractivity contribution in [3.05, 3.63) is 33.8 Å². The second-order valence-electron chi connectivity index (χ2n) is 8.44. The molecule has 37 heavy (non-hydrogen) atoms. The van der Waals surface area contributed by atoms with Crippen molar-refractivity contribution in [2.24, 2.45) is 0 Å². The number of aliphatic hydroxyl groups is 1. The number of nitrogen functional groups attached to an aromatic ring is 1. The van der Waals surface area contributed by atoms with E-state index in [1.807, 2.05) is 0 Å². The van der Waals surface area contributed by atoms with Gasteiger partial charge < -0.3 is 25.8 Å². The maximum atomic E-state index is 14.7. The van der Waals surface area contributed by atoms with Gasteiger partial charge in [0.15, 0.2) is 5.82 Å². The molecule has 11 nitrogen and oxygen atoms in total. The zero-order valence-corrected chi connectivity index (χ0v) is 21.4. The quantitative estimate of drug-likeness (QED) is 0.282. The molecule has 1 unspecified atom stereocenters. The average Bonchev–Trinajstić information content (AvgIpc) is 3.37. The van der Waals surface area contributed by atoms with Crippen molar-refractivity contribution < 1.29 is 37.0 Å². The van der Waals surface area contributed by atoms with E-state index in [1.165, 1.54) is 30.2 Å². The number of nitrogens with zero attached hydrogens (tertiary/aromatic N) is 5. The van der Waals surface area contributed by atoms with Crippen LogP contribution in [0.4, 0.5) is 23.4 Å². The Hall–Kier alpha value is -3.28. The van der Waals surface area contributed by atoms with Crippen LogP contribution in [0.5, 0.6) is 5.88 Å². The summed E-state index contributed by atoms with van der Waals surface area (Å²) in [5.41, 5.74) is 3.66. The molecule has 1 aliphatic heterocycles. The molecule has 3 atom stereocenters. The fraction of sp³-hybridized carbons (Fsp3) is 0.381. The van der Waals surface area contributed by atoms with E-state index in [1.54, 1.807) is 6.07 Å². The van der Waals surface area contributed by atoms with Crippen LogP contribution in [0.25, 0.3) is 16.8 Å². The first kappa shape index (κ1) is 26.8. The number of hydrogen-bond acceptors (Lipinski definition) is 8. The largest absolute Gasteiger partial charge is 0.480 e. The number of ether oxygens (including phenoxy) is 1. The van der Waals surface area contributed by atoms with E-state index in [0.29, 0.717) is 28.6 Å². The van der Waals surface area contributed by atoms with Gasteiger partial charge in [-0.05, 0) is 41.6 Å². The monoisotopic (exact) mass is 637 g/mol. The average molecular weight is 637 g/mol. The van der Waals surface area contributed by atoms with Crippen LogP contribution in [0, 0.1) is 3.57 Å². The van der Waals surface area contributed by atoms with E-state index >= 15 is 0 Å². The highest BCUT2D eigenvalue weighted by Crippen LogP contribution is 2.33. The third kappa shape index (κ3) is 4.74. The minimum absolute atomic E-state index is 0.0905. The number of carbonyl (C=O) groups is 2. The molecule has 0 aliphatic carbocycles. The summed E-state index contributed by atoms with van der Waals surface area (Å²) in [6.07, 6.45) is -4.45. The summed E-state index contributed by atoms with van der Waals surface area (Å²) >= 11 is 2.05. The smallest absolute Gasteiger partial charge is 0.426 e. The van der Waals surface area contributed by atoms with E-state index in [9.17, 15) is 32.3 Å². The van der Waals surface area contributed by atoms with Crippen molar-refractivity contribution in [2.75, 3.05) is 25.9 Å². The SMILES string of the molecule is COc1ncc(-c2cc(I)c3c(N)ncnn23)cc1C(=O)N[C@@H]1CN(C(=O)C(C)(O)C(F)(F)F)C[C@@H]1F. The molecule has 198 valence electrons. The number of likely N-dealkylation sites (tertiary alicyclic amines) is 1. The third-order valence-electron chi connectivity index (χ3n) is 5.94. The number of halogens is 5. The fourth-order valence-electron chi connectivity index (χ4n) is 3.89. The van der Waals surface area contributed by atoms with Gasteiger partial charge >= 0.3 is 6.18 Å². The molecule has 2 amide bonds. The number of carbonyl (C=O) groups excluding carboxylic acids is 2. The van der Waals surface area contributed by atoms with Crippen LogP contribution in [0.3, 0.4) is 0 Å². The minimum atomic E-state index is -5.26. The van der Waals surface area contributed by atoms with Gasteiger partial charge in [0.25, 0.3) is 11.8 Å². The van der Waals surface area contributed by atoms with Crippen LogP contribution >= 0.6 is 22.6 Å². The summed E-state index contributed by atoms with van der Waals surface area (Å²) in [6, 6.07) is 1.84. The standard InChI is InChI=1S/C21H20F4IN7O4/c1-20(36,21(23,24)25)19(35)32-6-11(22)13(7-32)31-17(34)10-3-9(5-28-18(10)37-2)14-4-12(26)15-16(27)29-8-30-33(14)15/h3-5,8,11,13,36H,6-7H2,1-2H3,(H,31,34)(H2,27,29,30)/t11-,13+,20?/m0/s1. The molecule has 4 rings (SSSR count). The van der Waals surface area contributed by atoms with E-state index < -0.39 is 48.9 Å². The Morgan fingerprint density at radius 1 is 1.27 bits per heavy atom. The van der Waals surface area contributed by atoms with Gasteiger partial charge in [-0.3, -0.25) is 9.59 Å². The molecule has 0 aromatic carbocycles. The molecule has 1 fully saturated rings. The van der Waals surface area contributed by atoms with Gasteiger partial charge in [0.05, 0.1) is 25.4 Å². The summed E-state index contributed by atoms with van der Waals surface area (Å²) in [7, 11) is 1.27. The number of nitrogens with one attached hydrogen (secondary N) is 1. The van der Waals surface area contributed by atoms with Crippen molar-refractivity contribution in [1.29, 1.82) is 0 Å². The first-order chi connectivity index (χ1) is 17.3. The highest BCUT2D eigenvalue weighted by molar-refractivity contribution is 14.1. The van der Waals surface area contributed by atoms with Gasteiger partial charge in [0.2, 0.25) is 11.5 Å². The molecule has 1 saturated heterocycles. The molecule has 4 heterocycles. The predicted molar refractivity (Wildman–Crippen MR) is 129 cm³/mol. The molecule has 0 radical (unpaired) electrons. The second kappa shape index (κ2) is 9.55. The molecule has 0 saturated carbocycles. The van der Waals surface area contributed by atoms with Crippen molar-refractivity contribution >= 4 is 45.7 Å². The molecule has 1 aliphatic rings. The molecular formula is C21H20F4IN7O4. The summed E-state index contributed by atoms with van der Waals surface area (Å²) in [5, 5.41) is 16.2. The van der Waals surface area contributed by atoms with Gasteiger partial charge in [-0.2, -0.15) is 18.3 Å². The van der Waals surface area contributed by atoms with Gasteiger partial charge in [-0.25, -0.2) is 18.9 Å². The zero-order chi connectivity index (χ0) is 27.3. The van der Waals surface area contributed by atoms with E-state index in [4.69, 9.17) is 10.5 Å². The number of aromatic nitrogens is 4. The van der Waals surface area contributed by atoms with Gasteiger partial charge in [0, 0.05) is 21.9 Å². The van der Waals surface area contributed by atoms with Gasteiger partial charge in [-0.1, -0.05) is 0 Å². The number of nitrogens with two attached hydrogens (primary N) is 1. The van der Waals surface area contributed by atoms with Gasteiger partial charge in [0.1, 0.15) is 23.6 Å². The minimum Gasteiger partial charge on any atom is -0.480 e. The van der Waals surface area contributed by atoms with Gasteiger partial charge in [-0.15, -0.1) is 0 Å². The summed E-state index contributed by atoms with van der Waals surface area (Å²) < 4.78 is 61.2. The van der Waals surface area contributed by atoms with Crippen molar-refractivity contribution in [1.82, 2.24) is 29.8 Å². The van der Waals surface area contributed by atoms with E-state index in [2.05, 4.69) is 43.0 Å². The number of amides is 2. The number of rotatable bonds is 5. The van der Waals surface area contributed by atoms with Crippen LogP contribution in [-0.2, 0) is 4.79 Å². The van der Waals surface area contributed by atoms with Crippen LogP contribution in [0.1, 0.15) is 17.3 Å². The Morgan fingerprint density at radius 3 is 2.62 bits per heavy atom. The van der Waals surface area contributed by atoms with Crippen molar-refractivity contribution in [3.63, 3.8) is 0 Å². The molecular weight excluding hydrogens is 617 g/mol. The lowest BCUT2D eigenvalue weighted by Crippen LogP contribution is -2.56. The maximum Gasteiger partial charge on any atom is 0.426 e. The Morgan fingerprint density at radius 2 is 1.97 bits per heavy atom. The highest BCUT2D eigenvalue weighted by Gasteiger charge is 2.58. The predicted octanol–water partition coefficient (Wildman–Crippen LogP) is 1.58. The maximum absolute atomic E-state index is 14.7. The van der Waals surface area contributed by atoms with Crippen LogP contribution in [0.2, 0.25) is 0 Å². The Bertz CT molecular complexity index is 1380. The molecule has 4 N–H and O–H groups in total. The van der Waals surface area contributed by atoms with Crippen molar-refractivity contribution in [3.8, 4) is 17.1 Å². The van der Waals surface area contributed by atoms with E-state index in [0.717, 1.165) is 3.57 Å². The number of hydrogen-bond donors (Lipinski definition) is 3. The topological polar surface area (TPSA) is 148 Å². The Labute approximate surface area is 220 Å². The number of methoxy groups -OCH3 is 1. The summed E-state index contributed by atoms with van der Waals surface area (Å²) in [5.74, 6) is -2.40. The molecule has 3 aromatic heterocycles. The zero-order valence-electron chi connectivity index (χ0n) is 19.3. The first-order valence-corrected chi connectivity index (χ1v) is 11.7. The normalized spacial score (nSPS) is 19.6. The Balaban J connectivity index is 1.60. The lowest BCUT2D eigenvalue weighted by molar-refractivity contribution is -0.249. The number of alkyl halides is 4. The van der Waals surface area contributed by atoms with Crippen molar-refractivity contribution in [2.45, 2.75) is 30.9 Å². The number of anilines is 1. The van der Waals surface area contributed by atoms with Crippen LogP contribution in [0.15, 0.2) is 24.7 Å². The summed E-state index contributed by atoms with van der Waals surface area (Å²) in [4.78, 5) is 33.9. The molecule has 0 spiro atoms. The first-order valence-electron chi connectivity index (χ1n) is 10.6. The number of pyridine rings is 1. The third-order valence-corrected chi connectivity index (χ3v) is 6.76. The fourth-order valence-corrected chi connectivity index (χ4v) is 4.69. The summed E-state index contributed by atoms with van der Waals surface area (Å²) in [6.45, 7) is -1.02. The van der Waals surface area contributed by atoms with E-state index in [-0.39, 0.29) is 17.3 Å².